The van der Waals surface area contributed by atoms with Gasteiger partial charge in [-0.1, -0.05) is 30.4 Å². The van der Waals surface area contributed by atoms with Crippen molar-refractivity contribution in [2.24, 2.45) is 0 Å². The lowest BCUT2D eigenvalue weighted by Crippen LogP contribution is -2.30. The first kappa shape index (κ1) is 20.9. The third-order valence-corrected chi connectivity index (χ3v) is 5.97. The fraction of sp³-hybridized carbons (Fsp3) is 0.130. The summed E-state index contributed by atoms with van der Waals surface area (Å²) in [5.74, 6) is -0.393. The van der Waals surface area contributed by atoms with Crippen LogP contribution in [-0.2, 0) is 9.53 Å². The summed E-state index contributed by atoms with van der Waals surface area (Å²) in [4.78, 5) is 21.1. The van der Waals surface area contributed by atoms with Crippen LogP contribution in [-0.4, -0.2) is 28.2 Å². The number of carbonyl (C=O) groups is 1. The van der Waals surface area contributed by atoms with Crippen LogP contribution >= 0.6 is 23.6 Å². The number of allylic oxidation sites excluding steroid dienone is 3. The monoisotopic (exact) mass is 448 g/mol. The number of methoxy groups -OCH3 is 1. The van der Waals surface area contributed by atoms with Crippen molar-refractivity contribution in [3.63, 3.8) is 0 Å². The molecule has 0 amide bonds. The lowest BCUT2D eigenvalue weighted by atomic mass is 10.1. The van der Waals surface area contributed by atoms with Gasteiger partial charge in [0.2, 0.25) is 0 Å². The van der Waals surface area contributed by atoms with Gasteiger partial charge in [0, 0.05) is 35.8 Å². The molecule has 1 aromatic carbocycles. The fourth-order valence-electron chi connectivity index (χ4n) is 3.25. The number of hydrogen-bond donors (Lipinski definition) is 2. The summed E-state index contributed by atoms with van der Waals surface area (Å²) < 4.78 is 6.00. The van der Waals surface area contributed by atoms with Gasteiger partial charge in [-0.25, -0.2) is 9.78 Å². The summed E-state index contributed by atoms with van der Waals surface area (Å²) in [6.45, 7) is 1.87. The summed E-state index contributed by atoms with van der Waals surface area (Å²) in [5, 5.41) is 7.68. The highest BCUT2D eigenvalue weighted by molar-refractivity contribution is 7.80. The van der Waals surface area contributed by atoms with Crippen LogP contribution < -0.4 is 10.6 Å². The molecule has 0 spiro atoms. The molecule has 0 radical (unpaired) electrons. The second kappa shape index (κ2) is 9.20. The summed E-state index contributed by atoms with van der Waals surface area (Å²) in [5.41, 5.74) is 4.75. The zero-order valence-corrected chi connectivity index (χ0v) is 18.6. The Morgan fingerprint density at radius 1 is 1.26 bits per heavy atom. The highest BCUT2D eigenvalue weighted by Gasteiger charge is 2.19. The first-order valence-corrected chi connectivity index (χ1v) is 10.8. The molecule has 0 bridgehead atoms. The number of nitrogens with one attached hydrogen (secondary N) is 2. The molecule has 0 atom stereocenters. The zero-order chi connectivity index (χ0) is 21.8. The molecule has 0 aliphatic heterocycles. The number of benzene rings is 1. The largest absolute Gasteiger partial charge is 0.465 e. The predicted octanol–water partition coefficient (Wildman–Crippen LogP) is 4.98. The van der Waals surface area contributed by atoms with Crippen LogP contribution in [0.25, 0.3) is 20.8 Å². The van der Waals surface area contributed by atoms with E-state index in [1.807, 2.05) is 61.7 Å². The third kappa shape index (κ3) is 4.70. The number of fused-ring (bicyclic) bond motifs is 1. The number of carbonyl (C=O) groups excluding carboxylic acids is 1. The van der Waals surface area contributed by atoms with Gasteiger partial charge in [-0.3, -0.25) is 4.98 Å². The summed E-state index contributed by atoms with van der Waals surface area (Å²) in [7, 11) is 1.37. The topological polar surface area (TPSA) is 76.1 Å². The van der Waals surface area contributed by atoms with Gasteiger partial charge in [0.25, 0.3) is 0 Å². The molecule has 2 N–H and O–H groups in total. The average Bonchev–Trinajstić information content (AvgIpc) is 3.12. The number of anilines is 1. The maximum atomic E-state index is 12.3. The Balaban J connectivity index is 1.55. The Kier molecular flexibility index (Phi) is 6.20. The van der Waals surface area contributed by atoms with E-state index in [2.05, 4.69) is 20.6 Å². The van der Waals surface area contributed by atoms with Crippen molar-refractivity contribution < 1.29 is 9.53 Å². The number of aromatic nitrogens is 2. The molecule has 2 aromatic heterocycles. The number of thiocarbonyl (C=S) groups is 1. The zero-order valence-electron chi connectivity index (χ0n) is 17.0. The highest BCUT2D eigenvalue weighted by atomic mass is 32.1. The van der Waals surface area contributed by atoms with Crippen LogP contribution in [0.3, 0.4) is 0 Å². The van der Waals surface area contributed by atoms with E-state index < -0.39 is 5.97 Å². The van der Waals surface area contributed by atoms with E-state index in [1.165, 1.54) is 7.11 Å². The molecular weight excluding hydrogens is 428 g/mol. The van der Waals surface area contributed by atoms with Crippen LogP contribution in [0.4, 0.5) is 5.69 Å². The maximum absolute atomic E-state index is 12.3. The number of rotatable bonds is 4. The Morgan fingerprint density at radius 3 is 2.94 bits per heavy atom. The number of ether oxygens (including phenoxy) is 1. The van der Waals surface area contributed by atoms with Gasteiger partial charge in [0.15, 0.2) is 5.11 Å². The minimum atomic E-state index is -0.393. The van der Waals surface area contributed by atoms with Crippen LogP contribution in [0, 0.1) is 0 Å². The Labute approximate surface area is 189 Å². The van der Waals surface area contributed by atoms with Crippen LogP contribution in [0.5, 0.6) is 0 Å². The van der Waals surface area contributed by atoms with Gasteiger partial charge in [0.1, 0.15) is 5.01 Å². The molecule has 3 aromatic rings. The molecule has 0 saturated heterocycles. The molecule has 31 heavy (non-hydrogen) atoms. The predicted molar refractivity (Wildman–Crippen MR) is 129 cm³/mol. The molecule has 6 nitrogen and oxygen atoms in total. The van der Waals surface area contributed by atoms with Gasteiger partial charge in [-0.15, -0.1) is 11.3 Å². The molecule has 1 aliphatic carbocycles. The van der Waals surface area contributed by atoms with Crippen molar-refractivity contribution in [1.82, 2.24) is 15.3 Å². The SMILES string of the molecule is COC(=O)C1=C(NC(=S)Nc2cccc(-c3nc4ccncc4s3)c2)CC=CC=C1C. The number of hydrogen-bond acceptors (Lipinski definition) is 6. The Bertz CT molecular complexity index is 1220. The summed E-state index contributed by atoms with van der Waals surface area (Å²) >= 11 is 7.11. The van der Waals surface area contributed by atoms with E-state index in [9.17, 15) is 4.79 Å². The molecule has 2 heterocycles. The van der Waals surface area contributed by atoms with Gasteiger partial charge >= 0.3 is 5.97 Å². The van der Waals surface area contributed by atoms with Crippen molar-refractivity contribution in [1.29, 1.82) is 0 Å². The molecule has 1 aliphatic rings. The first-order chi connectivity index (χ1) is 15.0. The number of pyridine rings is 1. The summed E-state index contributed by atoms with van der Waals surface area (Å²) in [6, 6.07) is 9.79. The maximum Gasteiger partial charge on any atom is 0.339 e. The van der Waals surface area contributed by atoms with Crippen LogP contribution in [0.2, 0.25) is 0 Å². The first-order valence-electron chi connectivity index (χ1n) is 9.59. The highest BCUT2D eigenvalue weighted by Crippen LogP contribution is 2.30. The van der Waals surface area contributed by atoms with Crippen molar-refractivity contribution >= 4 is 50.5 Å². The third-order valence-electron chi connectivity index (χ3n) is 4.71. The van der Waals surface area contributed by atoms with Crippen LogP contribution in [0.1, 0.15) is 13.3 Å². The minimum absolute atomic E-state index is 0.393. The molecule has 8 heteroatoms. The molecule has 0 unspecified atom stereocenters. The second-order valence-electron chi connectivity index (χ2n) is 6.85. The Morgan fingerprint density at radius 2 is 2.13 bits per heavy atom. The minimum Gasteiger partial charge on any atom is -0.465 e. The summed E-state index contributed by atoms with van der Waals surface area (Å²) in [6.07, 6.45) is 9.87. The number of esters is 1. The van der Waals surface area contributed by atoms with E-state index in [1.54, 1.807) is 17.5 Å². The average molecular weight is 449 g/mol. The molecule has 156 valence electrons. The van der Waals surface area contributed by atoms with E-state index in [0.29, 0.717) is 22.8 Å². The second-order valence-corrected chi connectivity index (χ2v) is 8.29. The van der Waals surface area contributed by atoms with Gasteiger partial charge < -0.3 is 15.4 Å². The van der Waals surface area contributed by atoms with Crippen molar-refractivity contribution in [2.75, 3.05) is 12.4 Å². The van der Waals surface area contributed by atoms with E-state index in [4.69, 9.17) is 17.0 Å². The lowest BCUT2D eigenvalue weighted by molar-refractivity contribution is -0.135. The molecule has 0 saturated carbocycles. The number of nitrogens with zero attached hydrogens (tertiary/aromatic N) is 2. The van der Waals surface area contributed by atoms with Gasteiger partial charge in [-0.05, 0) is 42.9 Å². The Hall–Kier alpha value is -3.36. The van der Waals surface area contributed by atoms with Crippen molar-refractivity contribution in [3.8, 4) is 10.6 Å². The van der Waals surface area contributed by atoms with E-state index >= 15 is 0 Å². The quantitative estimate of drug-likeness (QED) is 0.431. The fourth-order valence-corrected chi connectivity index (χ4v) is 4.42. The van der Waals surface area contributed by atoms with Gasteiger partial charge in [-0.2, -0.15) is 0 Å². The normalized spacial score (nSPS) is 13.5. The molecule has 0 fully saturated rings. The smallest absolute Gasteiger partial charge is 0.339 e. The molecule has 4 rings (SSSR count). The van der Waals surface area contributed by atoms with E-state index in [-0.39, 0.29) is 0 Å². The van der Waals surface area contributed by atoms with Crippen LogP contribution in [0.15, 0.2) is 77.8 Å². The van der Waals surface area contributed by atoms with Crippen molar-refractivity contribution in [3.05, 3.63) is 77.8 Å². The van der Waals surface area contributed by atoms with Crippen molar-refractivity contribution in [2.45, 2.75) is 13.3 Å². The number of thiazole rings is 1. The standard InChI is InChI=1S/C23H20N4O2S2/c1-14-6-3-4-9-18(20(14)22(28)29-2)27-23(30)25-16-8-5-7-15(12-16)21-26-17-10-11-24-13-19(17)31-21/h3-8,10-13H,9H2,1-2H3,(H2,25,27,30). The van der Waals surface area contributed by atoms with E-state index in [0.717, 1.165) is 32.0 Å². The van der Waals surface area contributed by atoms with Gasteiger partial charge in [0.05, 0.1) is 22.9 Å². The molecular formula is C23H20N4O2S2. The lowest BCUT2D eigenvalue weighted by Gasteiger charge is -2.16.